The molecule has 0 amide bonds. The molecule has 0 aromatic carbocycles. The first kappa shape index (κ1) is 15.2. The molecule has 2 unspecified atom stereocenters. The number of aliphatic imine (C=N–C) groups is 1. The fraction of sp³-hybridized carbons (Fsp3) is 0.933. The van der Waals surface area contributed by atoms with E-state index in [1.165, 1.54) is 49.7 Å². The van der Waals surface area contributed by atoms with E-state index in [1.807, 2.05) is 11.8 Å². The predicted molar refractivity (Wildman–Crippen MR) is 86.0 cm³/mol. The molecule has 2 aliphatic rings. The highest BCUT2D eigenvalue weighted by Crippen LogP contribution is 2.21. The molecule has 2 rings (SSSR count). The molecule has 19 heavy (non-hydrogen) atoms. The van der Waals surface area contributed by atoms with E-state index in [2.05, 4.69) is 31.0 Å². The van der Waals surface area contributed by atoms with Crippen molar-refractivity contribution in [3.8, 4) is 0 Å². The van der Waals surface area contributed by atoms with Crippen LogP contribution in [0.1, 0.15) is 46.5 Å². The van der Waals surface area contributed by atoms with Gasteiger partial charge < -0.3 is 10.2 Å². The lowest BCUT2D eigenvalue weighted by Gasteiger charge is -2.31. The molecule has 4 heteroatoms. The molecule has 0 aliphatic carbocycles. The Labute approximate surface area is 122 Å². The molecule has 2 aliphatic heterocycles. The summed E-state index contributed by atoms with van der Waals surface area (Å²) in [4.78, 5) is 7.46. The number of thioether (sulfide) groups is 1. The van der Waals surface area contributed by atoms with Gasteiger partial charge in [-0.05, 0) is 45.2 Å². The van der Waals surface area contributed by atoms with Crippen LogP contribution >= 0.6 is 11.8 Å². The molecular formula is C15H29N3S. The van der Waals surface area contributed by atoms with Crippen molar-refractivity contribution in [2.75, 3.05) is 25.4 Å². The Morgan fingerprint density at radius 2 is 2.00 bits per heavy atom. The number of hydrogen-bond donors (Lipinski definition) is 1. The van der Waals surface area contributed by atoms with Gasteiger partial charge in [-0.2, -0.15) is 0 Å². The van der Waals surface area contributed by atoms with E-state index in [1.54, 1.807) is 0 Å². The van der Waals surface area contributed by atoms with Crippen molar-refractivity contribution in [2.45, 2.75) is 58.5 Å². The van der Waals surface area contributed by atoms with Crippen LogP contribution in [0.3, 0.4) is 0 Å². The molecule has 0 aromatic rings. The van der Waals surface area contributed by atoms with Gasteiger partial charge in [0.25, 0.3) is 0 Å². The third-order valence-electron chi connectivity index (χ3n) is 4.06. The summed E-state index contributed by atoms with van der Waals surface area (Å²) in [5.74, 6) is 1.88. The fourth-order valence-corrected chi connectivity index (χ4v) is 3.92. The van der Waals surface area contributed by atoms with Crippen molar-refractivity contribution in [2.24, 2.45) is 10.9 Å². The molecule has 2 heterocycles. The standard InChI is InChI=1S/C15H29N3S/c1-12(2)14-7-10-19-15(17-14)16-13(3)11-18-8-5-4-6-9-18/h12-14H,4-11H2,1-3H3,(H,16,17). The van der Waals surface area contributed by atoms with Crippen molar-refractivity contribution < 1.29 is 0 Å². The first-order valence-electron chi connectivity index (χ1n) is 7.84. The summed E-state index contributed by atoms with van der Waals surface area (Å²) in [7, 11) is 0. The zero-order valence-electron chi connectivity index (χ0n) is 12.7. The van der Waals surface area contributed by atoms with E-state index in [0.717, 1.165) is 6.54 Å². The summed E-state index contributed by atoms with van der Waals surface area (Å²) in [6, 6.07) is 1.03. The lowest BCUT2D eigenvalue weighted by atomic mass is 10.0. The quantitative estimate of drug-likeness (QED) is 0.859. The van der Waals surface area contributed by atoms with Crippen LogP contribution in [0.2, 0.25) is 0 Å². The number of nitrogens with zero attached hydrogens (tertiary/aromatic N) is 2. The van der Waals surface area contributed by atoms with Crippen LogP contribution in [-0.2, 0) is 0 Å². The first-order valence-corrected chi connectivity index (χ1v) is 8.83. The third-order valence-corrected chi connectivity index (χ3v) is 4.99. The van der Waals surface area contributed by atoms with Gasteiger partial charge in [-0.1, -0.05) is 32.0 Å². The molecule has 3 nitrogen and oxygen atoms in total. The second kappa shape index (κ2) is 7.53. The van der Waals surface area contributed by atoms with Crippen LogP contribution in [0.5, 0.6) is 0 Å². The summed E-state index contributed by atoms with van der Waals surface area (Å²) in [5, 5.41) is 4.80. The molecular weight excluding hydrogens is 254 g/mol. The van der Waals surface area contributed by atoms with E-state index in [-0.39, 0.29) is 0 Å². The Bertz CT molecular complexity index is 298. The molecule has 1 N–H and O–H groups in total. The maximum Gasteiger partial charge on any atom is 0.157 e. The minimum Gasteiger partial charge on any atom is -0.361 e. The predicted octanol–water partition coefficient (Wildman–Crippen LogP) is 2.97. The van der Waals surface area contributed by atoms with Crippen molar-refractivity contribution in [1.29, 1.82) is 0 Å². The molecule has 1 fully saturated rings. The smallest absolute Gasteiger partial charge is 0.157 e. The molecule has 0 saturated carbocycles. The molecule has 1 saturated heterocycles. The SMILES string of the molecule is CC(CN1CCCCC1)NC1=NC(C(C)C)CCS1. The number of nitrogens with one attached hydrogen (secondary N) is 1. The summed E-state index contributed by atoms with van der Waals surface area (Å²) in [5.41, 5.74) is 0. The molecule has 2 atom stereocenters. The normalized spacial score (nSPS) is 27.2. The fourth-order valence-electron chi connectivity index (χ4n) is 2.88. The lowest BCUT2D eigenvalue weighted by molar-refractivity contribution is 0.215. The molecule has 0 bridgehead atoms. The van der Waals surface area contributed by atoms with Gasteiger partial charge in [0.05, 0.1) is 6.04 Å². The van der Waals surface area contributed by atoms with E-state index in [4.69, 9.17) is 4.99 Å². The highest BCUT2D eigenvalue weighted by molar-refractivity contribution is 8.13. The molecule has 0 spiro atoms. The Morgan fingerprint density at radius 1 is 1.26 bits per heavy atom. The van der Waals surface area contributed by atoms with Crippen LogP contribution in [0.4, 0.5) is 0 Å². The van der Waals surface area contributed by atoms with Gasteiger partial charge in [-0.15, -0.1) is 0 Å². The summed E-state index contributed by atoms with van der Waals surface area (Å²) in [6.45, 7) is 10.6. The molecule has 0 aromatic heterocycles. The Morgan fingerprint density at radius 3 is 2.68 bits per heavy atom. The van der Waals surface area contributed by atoms with Gasteiger partial charge in [0.15, 0.2) is 5.17 Å². The van der Waals surface area contributed by atoms with Gasteiger partial charge in [0.2, 0.25) is 0 Å². The Kier molecular flexibility index (Phi) is 6.02. The Hall–Kier alpha value is -0.220. The lowest BCUT2D eigenvalue weighted by Crippen LogP contribution is -2.44. The summed E-state index contributed by atoms with van der Waals surface area (Å²) >= 11 is 1.90. The summed E-state index contributed by atoms with van der Waals surface area (Å²) in [6.07, 6.45) is 5.39. The Balaban J connectivity index is 1.79. The topological polar surface area (TPSA) is 27.6 Å². The number of amidine groups is 1. The minimum atomic E-state index is 0.510. The zero-order valence-corrected chi connectivity index (χ0v) is 13.5. The molecule has 110 valence electrons. The van der Waals surface area contributed by atoms with Gasteiger partial charge in [0.1, 0.15) is 0 Å². The van der Waals surface area contributed by atoms with Gasteiger partial charge in [-0.3, -0.25) is 4.99 Å². The van der Waals surface area contributed by atoms with Crippen molar-refractivity contribution >= 4 is 16.9 Å². The average molecular weight is 283 g/mol. The third kappa shape index (κ3) is 4.99. The van der Waals surface area contributed by atoms with Crippen LogP contribution in [0.15, 0.2) is 4.99 Å². The van der Waals surface area contributed by atoms with Gasteiger partial charge >= 0.3 is 0 Å². The first-order chi connectivity index (χ1) is 9.15. The van der Waals surface area contributed by atoms with Crippen LogP contribution in [0.25, 0.3) is 0 Å². The number of likely N-dealkylation sites (tertiary alicyclic amines) is 1. The van der Waals surface area contributed by atoms with E-state index >= 15 is 0 Å². The van der Waals surface area contributed by atoms with Crippen LogP contribution < -0.4 is 5.32 Å². The average Bonchev–Trinajstić information content (AvgIpc) is 2.40. The largest absolute Gasteiger partial charge is 0.361 e. The number of hydrogen-bond acceptors (Lipinski definition) is 4. The van der Waals surface area contributed by atoms with E-state index in [0.29, 0.717) is 18.0 Å². The van der Waals surface area contributed by atoms with Crippen molar-refractivity contribution in [3.05, 3.63) is 0 Å². The molecule has 0 radical (unpaired) electrons. The second-order valence-electron chi connectivity index (χ2n) is 6.29. The highest BCUT2D eigenvalue weighted by Gasteiger charge is 2.20. The monoisotopic (exact) mass is 283 g/mol. The maximum atomic E-state index is 4.86. The number of piperidine rings is 1. The van der Waals surface area contributed by atoms with Gasteiger partial charge in [-0.25, -0.2) is 0 Å². The maximum absolute atomic E-state index is 4.86. The van der Waals surface area contributed by atoms with Crippen molar-refractivity contribution in [1.82, 2.24) is 10.2 Å². The van der Waals surface area contributed by atoms with E-state index < -0.39 is 0 Å². The van der Waals surface area contributed by atoms with Crippen LogP contribution in [0, 0.1) is 5.92 Å². The number of rotatable bonds is 4. The minimum absolute atomic E-state index is 0.510. The second-order valence-corrected chi connectivity index (χ2v) is 7.37. The van der Waals surface area contributed by atoms with Gasteiger partial charge in [0, 0.05) is 18.3 Å². The van der Waals surface area contributed by atoms with Crippen LogP contribution in [-0.4, -0.2) is 47.5 Å². The van der Waals surface area contributed by atoms with Crippen molar-refractivity contribution in [3.63, 3.8) is 0 Å². The zero-order chi connectivity index (χ0) is 13.7. The highest BCUT2D eigenvalue weighted by atomic mass is 32.2. The summed E-state index contributed by atoms with van der Waals surface area (Å²) < 4.78 is 0. The van der Waals surface area contributed by atoms with E-state index in [9.17, 15) is 0 Å².